The number of halogens is 1. The summed E-state index contributed by atoms with van der Waals surface area (Å²) in [7, 11) is 0. The van der Waals surface area contributed by atoms with Crippen molar-refractivity contribution in [2.24, 2.45) is 0 Å². The Balaban J connectivity index is 1.93. The van der Waals surface area contributed by atoms with Crippen LogP contribution in [-0.2, 0) is 13.1 Å². The van der Waals surface area contributed by atoms with Gasteiger partial charge in [0.2, 0.25) is 0 Å². The highest BCUT2D eigenvalue weighted by atomic mass is 35.5. The van der Waals surface area contributed by atoms with Crippen LogP contribution in [0.3, 0.4) is 0 Å². The summed E-state index contributed by atoms with van der Waals surface area (Å²) in [5.74, 6) is 0. The van der Waals surface area contributed by atoms with Gasteiger partial charge in [-0.05, 0) is 24.6 Å². The van der Waals surface area contributed by atoms with Gasteiger partial charge in [0, 0.05) is 18.8 Å². The van der Waals surface area contributed by atoms with Crippen LogP contribution in [0.25, 0.3) is 0 Å². The van der Waals surface area contributed by atoms with Crippen molar-refractivity contribution in [3.8, 4) is 6.07 Å². The first-order valence-corrected chi connectivity index (χ1v) is 6.54. The number of benzene rings is 1. The maximum atomic E-state index is 8.80. The van der Waals surface area contributed by atoms with Crippen LogP contribution in [0, 0.1) is 11.3 Å². The molecule has 104 valence electrons. The molecule has 0 aliphatic carbocycles. The van der Waals surface area contributed by atoms with Crippen LogP contribution >= 0.6 is 11.6 Å². The van der Waals surface area contributed by atoms with Crippen molar-refractivity contribution in [2.75, 3.05) is 11.9 Å². The first kappa shape index (κ1) is 14.3. The highest BCUT2D eigenvalue weighted by Gasteiger charge is 2.03. The summed E-state index contributed by atoms with van der Waals surface area (Å²) in [6.07, 6.45) is 2.48. The van der Waals surface area contributed by atoms with E-state index in [2.05, 4.69) is 15.6 Å². The van der Waals surface area contributed by atoms with E-state index < -0.39 is 0 Å². The highest BCUT2D eigenvalue weighted by molar-refractivity contribution is 6.32. The third kappa shape index (κ3) is 3.70. The Morgan fingerprint density at radius 2 is 2.30 bits per heavy atom. The molecule has 20 heavy (non-hydrogen) atoms. The van der Waals surface area contributed by atoms with Crippen LogP contribution in [0.4, 0.5) is 5.69 Å². The molecular formula is C13H14ClN5O. The lowest BCUT2D eigenvalue weighted by molar-refractivity contribution is 0.276. The second-order valence-electron chi connectivity index (χ2n) is 4.21. The quantitative estimate of drug-likeness (QED) is 0.847. The summed E-state index contributed by atoms with van der Waals surface area (Å²) in [4.78, 5) is 0. The summed E-state index contributed by atoms with van der Waals surface area (Å²) in [6.45, 7) is 1.30. The lowest BCUT2D eigenvalue weighted by atomic mass is 10.2. The highest BCUT2D eigenvalue weighted by Crippen LogP contribution is 2.20. The number of aryl methyl sites for hydroxylation is 1. The third-order valence-electron chi connectivity index (χ3n) is 2.69. The largest absolute Gasteiger partial charge is 0.396 e. The van der Waals surface area contributed by atoms with Crippen molar-refractivity contribution in [3.05, 3.63) is 40.7 Å². The molecule has 2 N–H and O–H groups in total. The Bertz CT molecular complexity index is 619. The van der Waals surface area contributed by atoms with Gasteiger partial charge in [0.25, 0.3) is 0 Å². The number of aromatic nitrogens is 3. The summed E-state index contributed by atoms with van der Waals surface area (Å²) < 4.78 is 1.69. The van der Waals surface area contributed by atoms with Gasteiger partial charge in [-0.25, -0.2) is 0 Å². The molecule has 2 aromatic rings. The maximum Gasteiger partial charge on any atom is 0.102 e. The van der Waals surface area contributed by atoms with Crippen LogP contribution in [0.2, 0.25) is 5.02 Å². The molecule has 0 saturated heterocycles. The topological polar surface area (TPSA) is 86.8 Å². The number of nitrogens with one attached hydrogen (secondary N) is 1. The molecule has 0 spiro atoms. The van der Waals surface area contributed by atoms with Gasteiger partial charge >= 0.3 is 0 Å². The van der Waals surface area contributed by atoms with Crippen LogP contribution in [0.5, 0.6) is 0 Å². The fourth-order valence-corrected chi connectivity index (χ4v) is 1.89. The molecule has 0 fully saturated rings. The molecule has 1 heterocycles. The molecular weight excluding hydrogens is 278 g/mol. The summed E-state index contributed by atoms with van der Waals surface area (Å²) in [5.41, 5.74) is 2.06. The van der Waals surface area contributed by atoms with Crippen molar-refractivity contribution < 1.29 is 5.11 Å². The zero-order chi connectivity index (χ0) is 14.4. The summed E-state index contributed by atoms with van der Waals surface area (Å²) >= 11 is 5.95. The van der Waals surface area contributed by atoms with E-state index in [-0.39, 0.29) is 6.61 Å². The van der Waals surface area contributed by atoms with Crippen LogP contribution in [0.1, 0.15) is 17.7 Å². The zero-order valence-corrected chi connectivity index (χ0v) is 11.5. The molecule has 1 aromatic heterocycles. The van der Waals surface area contributed by atoms with E-state index in [1.54, 1.807) is 22.9 Å². The Hall–Kier alpha value is -2.10. The number of aliphatic hydroxyl groups excluding tert-OH is 1. The van der Waals surface area contributed by atoms with Crippen molar-refractivity contribution in [2.45, 2.75) is 19.5 Å². The summed E-state index contributed by atoms with van der Waals surface area (Å²) in [6, 6.07) is 7.18. The number of nitrogens with zero attached hydrogens (tertiary/aromatic N) is 4. The van der Waals surface area contributed by atoms with E-state index in [1.165, 1.54) is 0 Å². The van der Waals surface area contributed by atoms with Gasteiger partial charge in [-0.3, -0.25) is 4.68 Å². The number of aliphatic hydroxyl groups is 1. The minimum absolute atomic E-state index is 0.136. The van der Waals surface area contributed by atoms with E-state index in [9.17, 15) is 0 Å². The summed E-state index contributed by atoms with van der Waals surface area (Å²) in [5, 5.41) is 29.1. The van der Waals surface area contributed by atoms with Gasteiger partial charge in [-0.2, -0.15) is 5.26 Å². The van der Waals surface area contributed by atoms with Gasteiger partial charge in [-0.1, -0.05) is 16.8 Å². The fraction of sp³-hybridized carbons (Fsp3) is 0.308. The van der Waals surface area contributed by atoms with Crippen LogP contribution in [0.15, 0.2) is 24.4 Å². The van der Waals surface area contributed by atoms with Crippen molar-refractivity contribution in [1.82, 2.24) is 15.0 Å². The second-order valence-corrected chi connectivity index (χ2v) is 4.62. The molecule has 0 atom stereocenters. The minimum atomic E-state index is 0.136. The van der Waals surface area contributed by atoms with E-state index >= 15 is 0 Å². The lowest BCUT2D eigenvalue weighted by Gasteiger charge is -2.05. The molecule has 7 heteroatoms. The van der Waals surface area contributed by atoms with Crippen LogP contribution in [-0.4, -0.2) is 26.7 Å². The molecule has 6 nitrogen and oxygen atoms in total. The minimum Gasteiger partial charge on any atom is -0.396 e. The number of nitriles is 1. The van der Waals surface area contributed by atoms with Crippen molar-refractivity contribution >= 4 is 17.3 Å². The first-order valence-electron chi connectivity index (χ1n) is 6.16. The molecule has 0 saturated carbocycles. The molecule has 0 radical (unpaired) electrons. The lowest BCUT2D eigenvalue weighted by Crippen LogP contribution is -2.01. The number of hydrogen-bond donors (Lipinski definition) is 2. The number of hydrogen-bond acceptors (Lipinski definition) is 5. The van der Waals surface area contributed by atoms with E-state index in [1.807, 2.05) is 12.3 Å². The Morgan fingerprint density at radius 1 is 1.45 bits per heavy atom. The second kappa shape index (κ2) is 6.89. The Labute approximate surface area is 121 Å². The van der Waals surface area contributed by atoms with Crippen LogP contribution < -0.4 is 5.32 Å². The number of rotatable bonds is 6. The predicted molar refractivity (Wildman–Crippen MR) is 75.2 cm³/mol. The van der Waals surface area contributed by atoms with E-state index in [0.29, 0.717) is 30.1 Å². The van der Waals surface area contributed by atoms with Gasteiger partial charge in [0.05, 0.1) is 23.3 Å². The van der Waals surface area contributed by atoms with E-state index in [0.717, 1.165) is 11.4 Å². The molecule has 0 aliphatic rings. The number of anilines is 1. The molecule has 0 amide bonds. The Morgan fingerprint density at radius 3 is 3.00 bits per heavy atom. The average Bonchev–Trinajstić information content (AvgIpc) is 2.91. The monoisotopic (exact) mass is 291 g/mol. The average molecular weight is 292 g/mol. The molecule has 0 unspecified atom stereocenters. The fourth-order valence-electron chi connectivity index (χ4n) is 1.67. The zero-order valence-electron chi connectivity index (χ0n) is 10.8. The van der Waals surface area contributed by atoms with E-state index in [4.69, 9.17) is 22.0 Å². The van der Waals surface area contributed by atoms with Gasteiger partial charge < -0.3 is 10.4 Å². The molecule has 1 aromatic carbocycles. The standard InChI is InChI=1S/C13H14ClN5O/c14-13-6-11(3-2-10(13)7-15)16-8-12-9-19(18-17-12)4-1-5-20/h2-3,6,9,16,20H,1,4-5,8H2. The van der Waals surface area contributed by atoms with Gasteiger partial charge in [-0.15, -0.1) is 5.10 Å². The predicted octanol–water partition coefficient (Wildman–Crippen LogP) is 1.80. The van der Waals surface area contributed by atoms with Crippen molar-refractivity contribution in [3.63, 3.8) is 0 Å². The van der Waals surface area contributed by atoms with Gasteiger partial charge in [0.1, 0.15) is 11.8 Å². The molecule has 0 bridgehead atoms. The molecule has 0 aliphatic heterocycles. The first-order chi connectivity index (χ1) is 9.72. The molecule has 2 rings (SSSR count). The maximum absolute atomic E-state index is 8.80. The smallest absolute Gasteiger partial charge is 0.102 e. The normalized spacial score (nSPS) is 10.2. The SMILES string of the molecule is N#Cc1ccc(NCc2cn(CCCO)nn2)cc1Cl. The van der Waals surface area contributed by atoms with Crippen molar-refractivity contribution in [1.29, 1.82) is 5.26 Å². The van der Waals surface area contributed by atoms with Gasteiger partial charge in [0.15, 0.2) is 0 Å². The third-order valence-corrected chi connectivity index (χ3v) is 3.01. The Kier molecular flexibility index (Phi) is 4.93.